The summed E-state index contributed by atoms with van der Waals surface area (Å²) in [7, 11) is 0. The molecule has 8 N–H and O–H groups in total. The Morgan fingerprint density at radius 2 is 1.83 bits per heavy atom. The second kappa shape index (κ2) is 16.6. The van der Waals surface area contributed by atoms with Crippen LogP contribution >= 0.6 is 11.6 Å². The van der Waals surface area contributed by atoms with Crippen molar-refractivity contribution in [2.75, 3.05) is 26.2 Å². The largest absolute Gasteiger partial charge is 0.492 e. The van der Waals surface area contributed by atoms with Crippen LogP contribution in [0.5, 0.6) is 5.75 Å². The number of hydrogen-bond acceptors (Lipinski definition) is 6. The number of aryl methyl sites for hydroxylation is 1. The van der Waals surface area contributed by atoms with Crippen LogP contribution in [-0.2, 0) is 27.2 Å². The van der Waals surface area contributed by atoms with Gasteiger partial charge in [0.1, 0.15) is 24.4 Å². The highest BCUT2D eigenvalue weighted by Gasteiger charge is 2.31. The number of ether oxygens (including phenoxy) is 1. The lowest BCUT2D eigenvalue weighted by Gasteiger charge is -2.28. The average Bonchev–Trinajstić information content (AvgIpc) is 2.94. The highest BCUT2D eigenvalue weighted by molar-refractivity contribution is 6.30. The molecule has 1 aliphatic rings. The van der Waals surface area contributed by atoms with Crippen LogP contribution in [0.25, 0.3) is 0 Å². The van der Waals surface area contributed by atoms with Gasteiger partial charge in [0.2, 0.25) is 17.7 Å². The molecule has 0 fully saturated rings. The average molecular weight is 600 g/mol. The molecule has 42 heavy (non-hydrogen) atoms. The normalized spacial score (nSPS) is 21.0. The van der Waals surface area contributed by atoms with Gasteiger partial charge in [-0.3, -0.25) is 19.8 Å². The molecule has 228 valence electrons. The molecule has 1 heterocycles. The maximum absolute atomic E-state index is 13.6. The van der Waals surface area contributed by atoms with Crippen molar-refractivity contribution in [1.29, 1.82) is 5.41 Å². The first-order chi connectivity index (χ1) is 20.1. The van der Waals surface area contributed by atoms with E-state index in [-0.39, 0.29) is 36.7 Å². The number of rotatable bonds is 6. The Balaban J connectivity index is 1.86. The number of nitrogens with two attached hydrogens (primary N) is 1. The van der Waals surface area contributed by atoms with Gasteiger partial charge in [0, 0.05) is 24.7 Å². The van der Waals surface area contributed by atoms with Crippen molar-refractivity contribution < 1.29 is 19.1 Å². The van der Waals surface area contributed by atoms with Gasteiger partial charge < -0.3 is 37.1 Å². The van der Waals surface area contributed by atoms with Gasteiger partial charge in [-0.2, -0.15) is 0 Å². The van der Waals surface area contributed by atoms with Gasteiger partial charge in [0.15, 0.2) is 5.96 Å². The number of nitrogens with one attached hydrogen (secondary N) is 6. The van der Waals surface area contributed by atoms with Gasteiger partial charge in [0.05, 0.1) is 6.04 Å². The fourth-order valence-corrected chi connectivity index (χ4v) is 4.90. The van der Waals surface area contributed by atoms with Crippen molar-refractivity contribution in [3.63, 3.8) is 0 Å². The number of fused-ring (bicyclic) bond motifs is 1. The van der Waals surface area contributed by atoms with Crippen LogP contribution < -0.4 is 37.1 Å². The summed E-state index contributed by atoms with van der Waals surface area (Å²) in [4.78, 5) is 40.2. The Kier molecular flexibility index (Phi) is 12.9. The quantitative estimate of drug-likeness (QED) is 0.195. The van der Waals surface area contributed by atoms with Gasteiger partial charge in [-0.15, -0.1) is 0 Å². The Morgan fingerprint density at radius 3 is 2.57 bits per heavy atom. The SMILES string of the molecule is CC(C)[C@H]1NC(=O)[C@@H](Cc2cccc(Cl)c2)NCCOc2ccccc2CCCNC(=O)[C@H](CCNC(=N)N)NC1=O. The van der Waals surface area contributed by atoms with Crippen LogP contribution in [0.1, 0.15) is 37.8 Å². The van der Waals surface area contributed by atoms with Crippen molar-refractivity contribution >= 4 is 35.3 Å². The number of benzene rings is 2. The molecule has 0 saturated heterocycles. The Hall–Kier alpha value is -3.83. The van der Waals surface area contributed by atoms with Crippen LogP contribution in [0.3, 0.4) is 0 Å². The number of para-hydroxylation sites is 1. The first kappa shape index (κ1) is 32.7. The van der Waals surface area contributed by atoms with Crippen molar-refractivity contribution in [3.8, 4) is 5.75 Å². The predicted molar refractivity (Wildman–Crippen MR) is 163 cm³/mol. The molecule has 0 radical (unpaired) electrons. The molecule has 3 atom stereocenters. The Labute approximate surface area is 252 Å². The van der Waals surface area contributed by atoms with E-state index in [0.29, 0.717) is 44.0 Å². The first-order valence-electron chi connectivity index (χ1n) is 14.3. The molecule has 3 amide bonds. The number of guanidine groups is 1. The fraction of sp³-hybridized carbons (Fsp3) is 0.467. The van der Waals surface area contributed by atoms with Crippen LogP contribution in [-0.4, -0.2) is 68.0 Å². The molecule has 0 spiro atoms. The van der Waals surface area contributed by atoms with E-state index in [1.54, 1.807) is 12.1 Å². The maximum atomic E-state index is 13.6. The number of carbonyl (C=O) groups excluding carboxylic acids is 3. The molecule has 12 heteroatoms. The monoisotopic (exact) mass is 599 g/mol. The number of hydrogen-bond donors (Lipinski definition) is 7. The van der Waals surface area contributed by atoms with Gasteiger partial charge in [-0.25, -0.2) is 0 Å². The molecule has 1 aliphatic heterocycles. The topological polar surface area (TPSA) is 170 Å². The van der Waals surface area contributed by atoms with Crippen molar-refractivity contribution in [3.05, 3.63) is 64.7 Å². The van der Waals surface area contributed by atoms with Crippen LogP contribution in [0.4, 0.5) is 0 Å². The van der Waals surface area contributed by atoms with Crippen molar-refractivity contribution in [2.24, 2.45) is 11.7 Å². The van der Waals surface area contributed by atoms with E-state index in [2.05, 4.69) is 26.6 Å². The lowest BCUT2D eigenvalue weighted by atomic mass is 10.00. The predicted octanol–water partition coefficient (Wildman–Crippen LogP) is 1.48. The van der Waals surface area contributed by atoms with Crippen LogP contribution in [0, 0.1) is 11.3 Å². The van der Waals surface area contributed by atoms with Crippen LogP contribution in [0.2, 0.25) is 5.02 Å². The molecular formula is C30H42ClN7O4. The second-order valence-corrected chi connectivity index (χ2v) is 11.0. The molecule has 0 unspecified atom stereocenters. The van der Waals surface area contributed by atoms with E-state index >= 15 is 0 Å². The van der Waals surface area contributed by atoms with E-state index in [9.17, 15) is 14.4 Å². The zero-order valence-electron chi connectivity index (χ0n) is 24.2. The third-order valence-electron chi connectivity index (χ3n) is 6.92. The minimum atomic E-state index is -0.891. The molecule has 2 aromatic rings. The van der Waals surface area contributed by atoms with Crippen molar-refractivity contribution in [2.45, 2.75) is 57.7 Å². The summed E-state index contributed by atoms with van der Waals surface area (Å²) in [6, 6.07) is 12.6. The van der Waals surface area contributed by atoms with Crippen LogP contribution in [0.15, 0.2) is 48.5 Å². The molecule has 0 bridgehead atoms. The molecular weight excluding hydrogens is 558 g/mol. The summed E-state index contributed by atoms with van der Waals surface area (Å²) in [5.74, 6) is -0.916. The summed E-state index contributed by atoms with van der Waals surface area (Å²) < 4.78 is 6.06. The highest BCUT2D eigenvalue weighted by atomic mass is 35.5. The Morgan fingerprint density at radius 1 is 1.05 bits per heavy atom. The van der Waals surface area contributed by atoms with E-state index in [1.807, 2.05) is 50.2 Å². The lowest BCUT2D eigenvalue weighted by Crippen LogP contribution is -2.58. The van der Waals surface area contributed by atoms with Crippen molar-refractivity contribution in [1.82, 2.24) is 26.6 Å². The smallest absolute Gasteiger partial charge is 0.243 e. The number of amides is 3. The molecule has 0 aromatic heterocycles. The highest BCUT2D eigenvalue weighted by Crippen LogP contribution is 2.19. The summed E-state index contributed by atoms with van der Waals surface area (Å²) in [5.41, 5.74) is 7.27. The summed E-state index contributed by atoms with van der Waals surface area (Å²) in [6.07, 6.45) is 1.90. The molecule has 3 rings (SSSR count). The zero-order chi connectivity index (χ0) is 30.5. The standard InChI is InChI=1S/C30H42ClN7O4/c1-19(2)26-29(41)37-23(12-14-36-30(32)33)27(39)35-13-6-9-21-8-3-4-11-25(21)42-16-15-34-24(28(40)38-26)18-20-7-5-10-22(31)17-20/h3-5,7-8,10-11,17,19,23-24,26,34H,6,9,12-16,18H2,1-2H3,(H,35,39)(H,37,41)(H,38,40)(H4,32,33,36)/t23-,24+,26+/m0/s1. The van der Waals surface area contributed by atoms with E-state index < -0.39 is 24.0 Å². The van der Waals surface area contributed by atoms with Gasteiger partial charge >= 0.3 is 0 Å². The number of carbonyl (C=O) groups is 3. The second-order valence-electron chi connectivity index (χ2n) is 10.6. The molecule has 2 aromatic carbocycles. The fourth-order valence-electron chi connectivity index (χ4n) is 4.69. The lowest BCUT2D eigenvalue weighted by molar-refractivity contribution is -0.133. The van der Waals surface area contributed by atoms with Gasteiger partial charge in [-0.05, 0) is 60.9 Å². The van der Waals surface area contributed by atoms with Gasteiger partial charge in [0.25, 0.3) is 0 Å². The molecule has 0 saturated carbocycles. The Bertz CT molecular complexity index is 1230. The van der Waals surface area contributed by atoms with E-state index in [0.717, 1.165) is 16.9 Å². The van der Waals surface area contributed by atoms with E-state index in [1.165, 1.54) is 0 Å². The van der Waals surface area contributed by atoms with Gasteiger partial charge in [-0.1, -0.05) is 55.8 Å². The molecule has 11 nitrogen and oxygen atoms in total. The maximum Gasteiger partial charge on any atom is 0.243 e. The summed E-state index contributed by atoms with van der Waals surface area (Å²) >= 11 is 6.19. The minimum absolute atomic E-state index is 0.200. The zero-order valence-corrected chi connectivity index (χ0v) is 24.9. The third kappa shape index (κ3) is 10.5. The summed E-state index contributed by atoms with van der Waals surface area (Å²) in [5, 5.41) is 22.5. The summed E-state index contributed by atoms with van der Waals surface area (Å²) in [6.45, 7) is 4.99. The number of halogens is 1. The molecule has 0 aliphatic carbocycles. The van der Waals surface area contributed by atoms with E-state index in [4.69, 9.17) is 27.5 Å². The minimum Gasteiger partial charge on any atom is -0.492 e. The first-order valence-corrected chi connectivity index (χ1v) is 14.7. The third-order valence-corrected chi connectivity index (χ3v) is 7.15.